The first-order chi connectivity index (χ1) is 14.2. The van der Waals surface area contributed by atoms with Crippen molar-refractivity contribution in [2.45, 2.75) is 70.2 Å². The van der Waals surface area contributed by atoms with Crippen LogP contribution in [-0.4, -0.2) is 76.4 Å². The Morgan fingerprint density at radius 3 is 2.73 bits per heavy atom. The second-order valence-electron chi connectivity index (χ2n) is 8.34. The molecule has 8 nitrogen and oxygen atoms in total. The molecule has 0 unspecified atom stereocenters. The van der Waals surface area contributed by atoms with Crippen LogP contribution < -0.4 is 4.74 Å². The summed E-state index contributed by atoms with van der Waals surface area (Å²) in [5.74, 6) is -0.387. The van der Waals surface area contributed by atoms with Gasteiger partial charge in [-0.25, -0.2) is 4.98 Å². The first kappa shape index (κ1) is 23.3. The molecule has 0 amide bonds. The van der Waals surface area contributed by atoms with Gasteiger partial charge < -0.3 is 29.5 Å². The Labute approximate surface area is 180 Å². The highest BCUT2D eigenvalue weighted by Crippen LogP contribution is 2.38. The number of methoxy groups -OCH3 is 1. The van der Waals surface area contributed by atoms with Crippen LogP contribution in [0.25, 0.3) is 0 Å². The fourth-order valence-electron chi connectivity index (χ4n) is 3.85. The lowest BCUT2D eigenvalue weighted by Crippen LogP contribution is -2.50. The summed E-state index contributed by atoms with van der Waals surface area (Å²) in [6.07, 6.45) is 0.840. The van der Waals surface area contributed by atoms with Gasteiger partial charge in [0.2, 0.25) is 0 Å². The van der Waals surface area contributed by atoms with Crippen molar-refractivity contribution in [2.75, 3.05) is 13.7 Å². The average Bonchev–Trinajstić information content (AvgIpc) is 3.29. The van der Waals surface area contributed by atoms with Gasteiger partial charge in [-0.1, -0.05) is 23.8 Å². The lowest BCUT2D eigenvalue weighted by Gasteiger charge is -2.38. The summed E-state index contributed by atoms with van der Waals surface area (Å²) >= 11 is 1.17. The van der Waals surface area contributed by atoms with Gasteiger partial charge in [-0.2, -0.15) is 0 Å². The van der Waals surface area contributed by atoms with Crippen LogP contribution in [0, 0.1) is 11.8 Å². The molecular weight excluding hydrogens is 410 g/mol. The molecule has 0 saturated carbocycles. The number of aliphatic hydroxyl groups is 3. The number of hydrogen-bond acceptors (Lipinski definition) is 9. The van der Waals surface area contributed by atoms with Crippen LogP contribution in [0.5, 0.6) is 5.19 Å². The number of ether oxygens (including phenoxy) is 3. The number of carbonyl (C=O) groups is 1. The summed E-state index contributed by atoms with van der Waals surface area (Å²) in [5.41, 5.74) is 0.749. The topological polar surface area (TPSA) is 122 Å². The van der Waals surface area contributed by atoms with Crippen LogP contribution in [0.2, 0.25) is 0 Å². The molecule has 1 aromatic heterocycles. The summed E-state index contributed by atoms with van der Waals surface area (Å²) in [6, 6.07) is 0. The van der Waals surface area contributed by atoms with Crippen LogP contribution in [0.4, 0.5) is 0 Å². The first-order valence-corrected chi connectivity index (χ1v) is 11.1. The van der Waals surface area contributed by atoms with Crippen molar-refractivity contribution in [3.63, 3.8) is 0 Å². The van der Waals surface area contributed by atoms with E-state index in [2.05, 4.69) is 4.98 Å². The monoisotopic (exact) mass is 441 g/mol. The molecule has 3 heterocycles. The van der Waals surface area contributed by atoms with E-state index >= 15 is 0 Å². The van der Waals surface area contributed by atoms with E-state index < -0.39 is 24.4 Å². The summed E-state index contributed by atoms with van der Waals surface area (Å²) in [4.78, 5) is 16.8. The molecule has 0 aromatic carbocycles. The van der Waals surface area contributed by atoms with Crippen molar-refractivity contribution in [3.8, 4) is 5.19 Å². The van der Waals surface area contributed by atoms with Crippen LogP contribution in [-0.2, 0) is 9.47 Å². The molecule has 0 bridgehead atoms. The van der Waals surface area contributed by atoms with Gasteiger partial charge in [-0.15, -0.1) is 0 Å². The Balaban J connectivity index is 1.51. The molecule has 168 valence electrons. The molecule has 2 saturated heterocycles. The van der Waals surface area contributed by atoms with E-state index in [1.807, 2.05) is 6.92 Å². The van der Waals surface area contributed by atoms with E-state index in [4.69, 9.17) is 14.2 Å². The third-order valence-corrected chi connectivity index (χ3v) is 6.95. The van der Waals surface area contributed by atoms with E-state index in [1.54, 1.807) is 13.8 Å². The SMILES string of the molecule is COc1ncc(C(=O)/C=C(\C)C[C@@H]2OC[C@H](C[C@H]3O[C@H]3[C@@H](C)[C@H](C)O)[C@@H](O)[C@H]2O)s1. The highest BCUT2D eigenvalue weighted by molar-refractivity contribution is 7.15. The molecule has 0 radical (unpaired) electrons. The van der Waals surface area contributed by atoms with E-state index in [0.717, 1.165) is 5.57 Å². The maximum Gasteiger partial charge on any atom is 0.273 e. The van der Waals surface area contributed by atoms with Gasteiger partial charge in [-0.05, 0) is 32.8 Å². The Kier molecular flexibility index (Phi) is 7.65. The van der Waals surface area contributed by atoms with Gasteiger partial charge in [0.1, 0.15) is 6.10 Å². The predicted octanol–water partition coefficient (Wildman–Crippen LogP) is 1.58. The number of carbonyl (C=O) groups excluding carboxylic acids is 1. The van der Waals surface area contributed by atoms with Gasteiger partial charge in [0.25, 0.3) is 5.19 Å². The number of nitrogens with zero attached hydrogens (tertiary/aromatic N) is 1. The number of ketones is 1. The van der Waals surface area contributed by atoms with Crippen molar-refractivity contribution in [1.82, 2.24) is 4.98 Å². The average molecular weight is 442 g/mol. The summed E-state index contributed by atoms with van der Waals surface area (Å²) in [6.45, 7) is 5.78. The number of aromatic nitrogens is 1. The Morgan fingerprint density at radius 2 is 2.10 bits per heavy atom. The summed E-state index contributed by atoms with van der Waals surface area (Å²) in [7, 11) is 1.50. The standard InChI is InChI=1S/C21H31NO7S/c1-10(5-14(24)17-8-22-21(27-4)30-17)6-15-19(26)18(25)13(9-28-15)7-16-20(29-16)11(2)12(3)23/h5,8,11-13,15-16,18-20,23,25-26H,6-7,9H2,1-4H3/b10-5+/t11-,12-,13-,15-,16+,18+,19-,20-/m0/s1. The lowest BCUT2D eigenvalue weighted by atomic mass is 9.85. The van der Waals surface area contributed by atoms with Crippen molar-refractivity contribution in [1.29, 1.82) is 0 Å². The number of hydrogen-bond donors (Lipinski definition) is 3. The van der Waals surface area contributed by atoms with Crippen molar-refractivity contribution >= 4 is 17.1 Å². The molecule has 9 heteroatoms. The van der Waals surface area contributed by atoms with Gasteiger partial charge in [0.05, 0.1) is 55.3 Å². The second kappa shape index (κ2) is 9.84. The largest absolute Gasteiger partial charge is 0.473 e. The van der Waals surface area contributed by atoms with Crippen LogP contribution in [0.3, 0.4) is 0 Å². The van der Waals surface area contributed by atoms with E-state index in [0.29, 0.717) is 29.5 Å². The van der Waals surface area contributed by atoms with Gasteiger partial charge in [-0.3, -0.25) is 4.79 Å². The van der Waals surface area contributed by atoms with E-state index in [9.17, 15) is 20.1 Å². The zero-order chi connectivity index (χ0) is 22.0. The van der Waals surface area contributed by atoms with Crippen molar-refractivity contribution in [3.05, 3.63) is 22.7 Å². The number of thiazole rings is 1. The highest BCUT2D eigenvalue weighted by atomic mass is 32.1. The molecule has 3 N–H and O–H groups in total. The summed E-state index contributed by atoms with van der Waals surface area (Å²) < 4.78 is 16.5. The Morgan fingerprint density at radius 1 is 1.37 bits per heavy atom. The van der Waals surface area contributed by atoms with E-state index in [1.165, 1.54) is 30.7 Å². The predicted molar refractivity (Wildman–Crippen MR) is 111 cm³/mol. The Hall–Kier alpha value is -1.36. The molecule has 2 aliphatic rings. The fourth-order valence-corrected chi connectivity index (χ4v) is 4.49. The number of allylic oxidation sites excluding steroid dienone is 1. The smallest absolute Gasteiger partial charge is 0.273 e. The minimum Gasteiger partial charge on any atom is -0.473 e. The molecular formula is C21H31NO7S. The van der Waals surface area contributed by atoms with Gasteiger partial charge in [0, 0.05) is 11.8 Å². The van der Waals surface area contributed by atoms with Crippen molar-refractivity contribution in [2.24, 2.45) is 11.8 Å². The minimum absolute atomic E-state index is 0.0198. The molecule has 0 spiro atoms. The normalized spacial score (nSPS) is 33.8. The number of epoxide rings is 1. The molecule has 8 atom stereocenters. The van der Waals surface area contributed by atoms with Crippen LogP contribution >= 0.6 is 11.3 Å². The minimum atomic E-state index is -1.04. The quantitative estimate of drug-likeness (QED) is 0.300. The first-order valence-electron chi connectivity index (χ1n) is 10.2. The molecule has 1 aromatic rings. The maximum atomic E-state index is 12.3. The van der Waals surface area contributed by atoms with E-state index in [-0.39, 0.29) is 29.8 Å². The fraction of sp³-hybridized carbons (Fsp3) is 0.714. The number of aliphatic hydroxyl groups excluding tert-OH is 3. The van der Waals surface area contributed by atoms with Crippen LogP contribution in [0.15, 0.2) is 17.8 Å². The zero-order valence-electron chi connectivity index (χ0n) is 17.7. The number of rotatable bonds is 9. The summed E-state index contributed by atoms with van der Waals surface area (Å²) in [5, 5.41) is 31.2. The highest BCUT2D eigenvalue weighted by Gasteiger charge is 2.48. The Bertz CT molecular complexity index is 764. The lowest BCUT2D eigenvalue weighted by molar-refractivity contribution is -0.165. The second-order valence-corrected chi connectivity index (χ2v) is 9.33. The molecule has 3 rings (SSSR count). The third kappa shape index (κ3) is 5.46. The van der Waals surface area contributed by atoms with Crippen LogP contribution in [0.1, 0.15) is 43.3 Å². The zero-order valence-corrected chi connectivity index (χ0v) is 18.5. The van der Waals surface area contributed by atoms with Crippen molar-refractivity contribution < 1.29 is 34.3 Å². The molecule has 30 heavy (non-hydrogen) atoms. The third-order valence-electron chi connectivity index (χ3n) is 5.98. The molecule has 2 fully saturated rings. The van der Waals surface area contributed by atoms with Gasteiger partial charge in [0.15, 0.2) is 5.78 Å². The molecule has 0 aliphatic carbocycles. The maximum absolute atomic E-state index is 12.3. The molecule has 2 aliphatic heterocycles. The van der Waals surface area contributed by atoms with Gasteiger partial charge >= 0.3 is 0 Å².